The van der Waals surface area contributed by atoms with Crippen molar-refractivity contribution in [3.63, 3.8) is 0 Å². The number of hydrogen-bond donors (Lipinski definition) is 3. The number of ether oxygens (including phenoxy) is 4. The van der Waals surface area contributed by atoms with Crippen LogP contribution in [0.1, 0.15) is 376 Å². The fourth-order valence-corrected chi connectivity index (χ4v) is 12.8. The fourth-order valence-electron chi connectivity index (χ4n) is 11.2. The lowest BCUT2D eigenvalue weighted by atomic mass is 9.99. The monoisotopic (exact) mass is 1370 g/mol. The molecule has 0 spiro atoms. The van der Waals surface area contributed by atoms with Gasteiger partial charge in [0.1, 0.15) is 19.3 Å². The number of esters is 4. The first-order chi connectivity index (χ1) is 44.8. The highest BCUT2D eigenvalue weighted by Crippen LogP contribution is 2.45. The highest BCUT2D eigenvalue weighted by molar-refractivity contribution is 7.47. The molecule has 3 unspecified atom stereocenters. The van der Waals surface area contributed by atoms with Crippen molar-refractivity contribution < 1.29 is 80.2 Å². The molecule has 0 saturated carbocycles. The van der Waals surface area contributed by atoms with Gasteiger partial charge in [-0.05, 0) is 43.4 Å². The van der Waals surface area contributed by atoms with Crippen molar-refractivity contribution in [1.29, 1.82) is 0 Å². The van der Waals surface area contributed by atoms with Crippen LogP contribution in [0, 0.1) is 17.8 Å². The molecule has 6 atom stereocenters. The molecule has 19 heteroatoms. The maximum atomic E-state index is 13.1. The van der Waals surface area contributed by atoms with E-state index in [-0.39, 0.29) is 25.7 Å². The zero-order valence-electron chi connectivity index (χ0n) is 60.7. The minimum Gasteiger partial charge on any atom is -0.462 e. The van der Waals surface area contributed by atoms with Crippen molar-refractivity contribution in [3.8, 4) is 0 Å². The third-order valence-electron chi connectivity index (χ3n) is 17.5. The van der Waals surface area contributed by atoms with Crippen LogP contribution < -0.4 is 0 Å². The Kier molecular flexibility index (Phi) is 63.4. The van der Waals surface area contributed by atoms with Crippen molar-refractivity contribution >= 4 is 39.5 Å². The molecule has 0 fully saturated rings. The van der Waals surface area contributed by atoms with Crippen LogP contribution in [0.4, 0.5) is 0 Å². The van der Waals surface area contributed by atoms with Crippen molar-refractivity contribution in [1.82, 2.24) is 0 Å². The standard InChI is InChI=1S/C74H144O17P2/c1-8-10-11-12-13-34-41-48-55-71(76)84-61-69(90-74(79)58-51-44-37-30-24-23-26-32-39-46-53-66(5)6)63-88-92(80,81)86-59-68(75)60-87-93(82,83)89-64-70(62-85-72(77)56-49-42-35-28-22-18-19-25-31-38-45-52-65(3)4)91-73(78)57-50-43-36-29-21-17-15-14-16-20-27-33-40-47-54-67(7)9-2/h65-70,75H,8-64H2,1-7H3,(H,80,81)(H,82,83)/t67?,68-,69+,70+/m0/s1. The number of hydrogen-bond acceptors (Lipinski definition) is 15. The van der Waals surface area contributed by atoms with Crippen LogP contribution in [-0.2, 0) is 65.4 Å². The first kappa shape index (κ1) is 91.1. The Bertz CT molecular complexity index is 1820. The molecule has 0 aromatic heterocycles. The molecule has 17 nitrogen and oxygen atoms in total. The van der Waals surface area contributed by atoms with Crippen LogP contribution in [0.5, 0.6) is 0 Å². The predicted octanol–water partition coefficient (Wildman–Crippen LogP) is 21.4. The van der Waals surface area contributed by atoms with Gasteiger partial charge in [-0.2, -0.15) is 0 Å². The highest BCUT2D eigenvalue weighted by atomic mass is 31.2. The van der Waals surface area contributed by atoms with Crippen LogP contribution in [0.25, 0.3) is 0 Å². The Labute approximate surface area is 568 Å². The van der Waals surface area contributed by atoms with E-state index in [4.69, 9.17) is 37.0 Å². The van der Waals surface area contributed by atoms with E-state index in [0.717, 1.165) is 114 Å². The van der Waals surface area contributed by atoms with Gasteiger partial charge in [-0.1, -0.05) is 325 Å². The topological polar surface area (TPSA) is 237 Å². The van der Waals surface area contributed by atoms with Crippen LogP contribution >= 0.6 is 15.6 Å². The van der Waals surface area contributed by atoms with E-state index in [2.05, 4.69) is 48.5 Å². The van der Waals surface area contributed by atoms with Crippen LogP contribution in [-0.4, -0.2) is 96.7 Å². The molecular weight excluding hydrogens is 1220 g/mol. The van der Waals surface area contributed by atoms with Gasteiger partial charge in [0.15, 0.2) is 12.2 Å². The molecule has 0 bridgehead atoms. The molecule has 0 aromatic carbocycles. The number of rotatable bonds is 72. The Balaban J connectivity index is 5.22. The molecule has 552 valence electrons. The maximum absolute atomic E-state index is 13.1. The molecule has 0 aromatic rings. The average Bonchev–Trinajstić information content (AvgIpc) is 2.46. The summed E-state index contributed by atoms with van der Waals surface area (Å²) in [5.41, 5.74) is 0. The van der Waals surface area contributed by atoms with Crippen molar-refractivity contribution in [3.05, 3.63) is 0 Å². The van der Waals surface area contributed by atoms with Gasteiger partial charge in [0.2, 0.25) is 0 Å². The quantitative estimate of drug-likeness (QED) is 0.0222. The van der Waals surface area contributed by atoms with Crippen LogP contribution in [0.2, 0.25) is 0 Å². The van der Waals surface area contributed by atoms with E-state index in [1.807, 2.05) is 0 Å². The lowest BCUT2D eigenvalue weighted by molar-refractivity contribution is -0.161. The number of phosphoric ester groups is 2. The molecule has 0 aliphatic rings. The molecule has 0 saturated heterocycles. The van der Waals surface area contributed by atoms with Gasteiger partial charge < -0.3 is 33.8 Å². The Morgan fingerprint density at radius 2 is 0.548 bits per heavy atom. The van der Waals surface area contributed by atoms with Gasteiger partial charge in [-0.25, -0.2) is 9.13 Å². The summed E-state index contributed by atoms with van der Waals surface area (Å²) < 4.78 is 68.4. The van der Waals surface area contributed by atoms with Gasteiger partial charge in [-0.15, -0.1) is 0 Å². The molecule has 0 aliphatic heterocycles. The van der Waals surface area contributed by atoms with Crippen LogP contribution in [0.15, 0.2) is 0 Å². The summed E-state index contributed by atoms with van der Waals surface area (Å²) in [5.74, 6) is 0.247. The lowest BCUT2D eigenvalue weighted by Crippen LogP contribution is -2.30. The maximum Gasteiger partial charge on any atom is 0.472 e. The Morgan fingerprint density at radius 3 is 0.817 bits per heavy atom. The molecular formula is C74H144O17P2. The largest absolute Gasteiger partial charge is 0.472 e. The highest BCUT2D eigenvalue weighted by Gasteiger charge is 2.30. The Hall–Kier alpha value is -1.94. The second-order valence-corrected chi connectivity index (χ2v) is 30.8. The van der Waals surface area contributed by atoms with Gasteiger partial charge in [0, 0.05) is 25.7 Å². The first-order valence-electron chi connectivity index (χ1n) is 38.4. The number of phosphoric acid groups is 2. The normalized spacial score (nSPS) is 14.4. The van der Waals surface area contributed by atoms with E-state index in [9.17, 15) is 43.2 Å². The number of aliphatic hydroxyl groups is 1. The second kappa shape index (κ2) is 64.7. The van der Waals surface area contributed by atoms with Crippen molar-refractivity contribution in [2.45, 2.75) is 394 Å². The van der Waals surface area contributed by atoms with E-state index < -0.39 is 97.5 Å². The summed E-state index contributed by atoms with van der Waals surface area (Å²) in [6, 6.07) is 0. The average molecular weight is 1370 g/mol. The lowest BCUT2D eigenvalue weighted by Gasteiger charge is -2.21. The summed E-state index contributed by atoms with van der Waals surface area (Å²) >= 11 is 0. The fraction of sp³-hybridized carbons (Fsp3) is 0.946. The third kappa shape index (κ3) is 67.0. The summed E-state index contributed by atoms with van der Waals surface area (Å²) in [6.07, 6.45) is 49.9. The summed E-state index contributed by atoms with van der Waals surface area (Å²) in [5, 5.41) is 10.6. The van der Waals surface area contributed by atoms with Gasteiger partial charge in [0.25, 0.3) is 0 Å². The molecule has 0 rings (SSSR count). The predicted molar refractivity (Wildman–Crippen MR) is 377 cm³/mol. The van der Waals surface area contributed by atoms with E-state index >= 15 is 0 Å². The van der Waals surface area contributed by atoms with E-state index in [1.54, 1.807) is 0 Å². The smallest absolute Gasteiger partial charge is 0.462 e. The zero-order valence-corrected chi connectivity index (χ0v) is 62.5. The SMILES string of the molecule is CCCCCCCCCCC(=O)OC[C@H](COP(=O)(O)OC[C@H](O)COP(=O)(O)OC[C@@H](COC(=O)CCCCCCCCCCCCCC(C)C)OC(=O)CCCCCCCCCCCCCCCCC(C)CC)OC(=O)CCCCCCCCCCCCC(C)C. The van der Waals surface area contributed by atoms with E-state index in [0.29, 0.717) is 25.7 Å². The van der Waals surface area contributed by atoms with Gasteiger partial charge >= 0.3 is 39.5 Å². The molecule has 3 N–H and O–H groups in total. The van der Waals surface area contributed by atoms with Gasteiger partial charge in [-0.3, -0.25) is 37.3 Å². The number of aliphatic hydroxyl groups excluding tert-OH is 1. The molecule has 0 aliphatic carbocycles. The van der Waals surface area contributed by atoms with Gasteiger partial charge in [0.05, 0.1) is 26.4 Å². The number of carbonyl (C=O) groups excluding carboxylic acids is 4. The first-order valence-corrected chi connectivity index (χ1v) is 41.4. The van der Waals surface area contributed by atoms with E-state index in [1.165, 1.54) is 180 Å². The molecule has 0 heterocycles. The van der Waals surface area contributed by atoms with Crippen molar-refractivity contribution in [2.24, 2.45) is 17.8 Å². The third-order valence-corrected chi connectivity index (χ3v) is 19.4. The zero-order chi connectivity index (χ0) is 68.7. The number of carbonyl (C=O) groups is 4. The van der Waals surface area contributed by atoms with Crippen molar-refractivity contribution in [2.75, 3.05) is 39.6 Å². The minimum absolute atomic E-state index is 0.106. The molecule has 0 radical (unpaired) electrons. The molecule has 0 amide bonds. The molecule has 93 heavy (non-hydrogen) atoms. The summed E-state index contributed by atoms with van der Waals surface area (Å²) in [7, 11) is -9.91. The summed E-state index contributed by atoms with van der Waals surface area (Å²) in [6.45, 7) is 11.9. The minimum atomic E-state index is -4.96. The summed E-state index contributed by atoms with van der Waals surface area (Å²) in [4.78, 5) is 72.6. The Morgan fingerprint density at radius 1 is 0.312 bits per heavy atom. The number of unbranched alkanes of at least 4 members (excludes halogenated alkanes) is 39. The second-order valence-electron chi connectivity index (χ2n) is 27.9. The van der Waals surface area contributed by atoms with Crippen LogP contribution in [0.3, 0.4) is 0 Å².